The summed E-state index contributed by atoms with van der Waals surface area (Å²) in [7, 11) is 0. The van der Waals surface area contributed by atoms with Gasteiger partial charge in [-0.25, -0.2) is 4.98 Å². The zero-order valence-corrected chi connectivity index (χ0v) is 15.5. The third kappa shape index (κ3) is 4.80. The Kier molecular flexibility index (Phi) is 6.12. The molecule has 1 aromatic heterocycles. The highest BCUT2D eigenvalue weighted by molar-refractivity contribution is 8.21. The summed E-state index contributed by atoms with van der Waals surface area (Å²) < 4.78 is 2.54. The molecule has 1 fully saturated rings. The number of rotatable bonds is 8. The van der Waals surface area contributed by atoms with Gasteiger partial charge in [0.2, 0.25) is 0 Å². The van der Waals surface area contributed by atoms with Crippen molar-refractivity contribution >= 4 is 23.5 Å². The van der Waals surface area contributed by atoms with Crippen molar-refractivity contribution in [3.63, 3.8) is 0 Å². The number of benzene rings is 1. The first-order chi connectivity index (χ1) is 11.3. The van der Waals surface area contributed by atoms with Crippen molar-refractivity contribution in [3.05, 3.63) is 54.6 Å². The van der Waals surface area contributed by atoms with Crippen LogP contribution < -0.4 is 0 Å². The molecule has 1 saturated heterocycles. The van der Waals surface area contributed by atoms with E-state index in [1.54, 1.807) is 0 Å². The highest BCUT2D eigenvalue weighted by atomic mass is 32.2. The first kappa shape index (κ1) is 17.0. The summed E-state index contributed by atoms with van der Waals surface area (Å²) in [6.07, 6.45) is 12.3. The summed E-state index contributed by atoms with van der Waals surface area (Å²) >= 11 is 4.44. The molecule has 0 bridgehead atoms. The van der Waals surface area contributed by atoms with Crippen molar-refractivity contribution in [2.75, 3.05) is 5.75 Å². The number of hydrogen-bond acceptors (Lipinski definition) is 3. The normalized spacial score (nSPS) is 24.1. The lowest BCUT2D eigenvalue weighted by Gasteiger charge is -2.28. The van der Waals surface area contributed by atoms with Crippen LogP contribution >= 0.6 is 23.5 Å². The number of imidazole rings is 1. The fourth-order valence-corrected chi connectivity index (χ4v) is 7.00. The summed E-state index contributed by atoms with van der Waals surface area (Å²) in [6.45, 7) is 3.36. The summed E-state index contributed by atoms with van der Waals surface area (Å²) in [5, 5.41) is 0.825. The van der Waals surface area contributed by atoms with Crippen LogP contribution in [-0.4, -0.2) is 24.6 Å². The van der Waals surface area contributed by atoms with E-state index < -0.39 is 0 Å². The van der Waals surface area contributed by atoms with E-state index in [-0.39, 0.29) is 0 Å². The molecule has 2 heterocycles. The Morgan fingerprint density at radius 2 is 2.17 bits per heavy atom. The van der Waals surface area contributed by atoms with Gasteiger partial charge in [0.05, 0.1) is 10.4 Å². The van der Waals surface area contributed by atoms with Crippen molar-refractivity contribution < 1.29 is 0 Å². The van der Waals surface area contributed by atoms with Crippen LogP contribution in [0.25, 0.3) is 0 Å². The fraction of sp³-hybridized carbons (Fsp3) is 0.526. The Balaban J connectivity index is 1.68. The molecule has 4 heteroatoms. The number of hydrogen-bond donors (Lipinski definition) is 0. The predicted octanol–water partition coefficient (Wildman–Crippen LogP) is 5.25. The van der Waals surface area contributed by atoms with Gasteiger partial charge in [-0.1, -0.05) is 50.1 Å². The van der Waals surface area contributed by atoms with Crippen LogP contribution in [0.1, 0.15) is 38.2 Å². The number of thioether (sulfide) groups is 2. The minimum absolute atomic E-state index is 0.323. The Hall–Kier alpha value is -0.870. The first-order valence-corrected chi connectivity index (χ1v) is 10.5. The van der Waals surface area contributed by atoms with E-state index in [4.69, 9.17) is 0 Å². The van der Waals surface area contributed by atoms with Gasteiger partial charge >= 0.3 is 0 Å². The van der Waals surface area contributed by atoms with E-state index in [2.05, 4.69) is 76.5 Å². The van der Waals surface area contributed by atoms with E-state index >= 15 is 0 Å². The van der Waals surface area contributed by atoms with Gasteiger partial charge in [0.15, 0.2) is 0 Å². The smallest absolute Gasteiger partial charge is 0.0945 e. The molecule has 0 radical (unpaired) electrons. The van der Waals surface area contributed by atoms with Gasteiger partial charge in [-0.05, 0) is 24.8 Å². The molecule has 0 saturated carbocycles. The second kappa shape index (κ2) is 8.29. The number of aromatic nitrogens is 2. The van der Waals surface area contributed by atoms with E-state index in [9.17, 15) is 0 Å². The molecular weight excluding hydrogens is 320 g/mol. The van der Waals surface area contributed by atoms with E-state index in [1.165, 1.54) is 43.4 Å². The Morgan fingerprint density at radius 3 is 2.91 bits per heavy atom. The Morgan fingerprint density at radius 1 is 1.30 bits per heavy atom. The zero-order valence-electron chi connectivity index (χ0n) is 13.9. The molecule has 1 aliphatic heterocycles. The molecule has 2 aromatic rings. The van der Waals surface area contributed by atoms with Gasteiger partial charge in [-0.15, -0.1) is 23.5 Å². The summed E-state index contributed by atoms with van der Waals surface area (Å²) in [4.78, 5) is 4.18. The third-order valence-electron chi connectivity index (χ3n) is 4.42. The van der Waals surface area contributed by atoms with E-state index in [0.717, 1.165) is 11.8 Å². The Bertz CT molecular complexity index is 570. The predicted molar refractivity (Wildman–Crippen MR) is 103 cm³/mol. The highest BCUT2D eigenvalue weighted by Gasteiger charge is 2.40. The van der Waals surface area contributed by atoms with Crippen LogP contribution in [0.2, 0.25) is 0 Å². The van der Waals surface area contributed by atoms with E-state index in [1.807, 2.05) is 12.5 Å². The van der Waals surface area contributed by atoms with Gasteiger partial charge in [0.1, 0.15) is 0 Å². The standard InChI is InChI=1S/C19H26N2S2/c1-2-3-9-18-15-22-19(23-18,10-12-21-13-11-20-16-21)14-17-7-5-4-6-8-17/h4-8,11,13,16,18H,2-3,9-10,12,14-15H2,1H3. The zero-order chi connectivity index (χ0) is 16.0. The maximum atomic E-state index is 4.18. The van der Waals surface area contributed by atoms with Gasteiger partial charge in [0.25, 0.3) is 0 Å². The third-order valence-corrected chi connectivity index (χ3v) is 8.23. The van der Waals surface area contributed by atoms with E-state index in [0.29, 0.717) is 4.08 Å². The lowest BCUT2D eigenvalue weighted by molar-refractivity contribution is 0.596. The van der Waals surface area contributed by atoms with Crippen molar-refractivity contribution in [1.82, 2.24) is 9.55 Å². The number of aryl methyl sites for hydroxylation is 1. The summed E-state index contributed by atoms with van der Waals surface area (Å²) in [5.74, 6) is 1.31. The largest absolute Gasteiger partial charge is 0.337 e. The molecule has 1 aliphatic rings. The topological polar surface area (TPSA) is 17.8 Å². The van der Waals surface area contributed by atoms with Crippen LogP contribution in [0.15, 0.2) is 49.1 Å². The quantitative estimate of drug-likeness (QED) is 0.650. The van der Waals surface area contributed by atoms with Gasteiger partial charge < -0.3 is 4.57 Å². The fourth-order valence-electron chi connectivity index (χ4n) is 3.13. The number of unbranched alkanes of at least 4 members (excludes halogenated alkanes) is 1. The number of nitrogens with zero attached hydrogens (tertiary/aromatic N) is 2. The van der Waals surface area contributed by atoms with Crippen LogP contribution in [0.4, 0.5) is 0 Å². The van der Waals surface area contributed by atoms with Gasteiger partial charge in [-0.2, -0.15) is 0 Å². The van der Waals surface area contributed by atoms with Crippen molar-refractivity contribution in [1.29, 1.82) is 0 Å². The summed E-state index contributed by atoms with van der Waals surface area (Å²) in [5.41, 5.74) is 1.47. The van der Waals surface area contributed by atoms with Crippen molar-refractivity contribution in [2.24, 2.45) is 0 Å². The second-order valence-electron chi connectivity index (χ2n) is 6.32. The lowest BCUT2D eigenvalue weighted by Crippen LogP contribution is -2.23. The van der Waals surface area contributed by atoms with Crippen molar-refractivity contribution in [3.8, 4) is 0 Å². The molecule has 0 N–H and O–H groups in total. The van der Waals surface area contributed by atoms with Gasteiger partial charge in [0, 0.05) is 29.9 Å². The van der Waals surface area contributed by atoms with Crippen LogP contribution in [0.5, 0.6) is 0 Å². The molecule has 0 aliphatic carbocycles. The molecule has 0 amide bonds. The minimum Gasteiger partial charge on any atom is -0.337 e. The monoisotopic (exact) mass is 346 g/mol. The van der Waals surface area contributed by atoms with Crippen molar-refractivity contribution in [2.45, 2.75) is 54.9 Å². The molecule has 2 unspecified atom stereocenters. The molecule has 2 atom stereocenters. The van der Waals surface area contributed by atoms with Crippen LogP contribution in [0, 0.1) is 0 Å². The van der Waals surface area contributed by atoms with Gasteiger partial charge in [-0.3, -0.25) is 0 Å². The average Bonchev–Trinajstić information content (AvgIpc) is 3.22. The second-order valence-corrected chi connectivity index (χ2v) is 9.66. The van der Waals surface area contributed by atoms with Crippen LogP contribution in [-0.2, 0) is 13.0 Å². The molecular formula is C19H26N2S2. The molecule has 2 nitrogen and oxygen atoms in total. The first-order valence-electron chi connectivity index (χ1n) is 8.61. The van der Waals surface area contributed by atoms with Crippen LogP contribution in [0.3, 0.4) is 0 Å². The minimum atomic E-state index is 0.323. The maximum absolute atomic E-state index is 4.18. The SMILES string of the molecule is CCCCC1CSC(CCn2ccnc2)(Cc2ccccc2)S1. The summed E-state index contributed by atoms with van der Waals surface area (Å²) in [6, 6.07) is 11.0. The molecule has 124 valence electrons. The molecule has 1 aromatic carbocycles. The maximum Gasteiger partial charge on any atom is 0.0945 e. The molecule has 23 heavy (non-hydrogen) atoms. The average molecular weight is 347 g/mol. The Labute approximate surface area is 148 Å². The lowest BCUT2D eigenvalue weighted by atomic mass is 10.1. The highest BCUT2D eigenvalue weighted by Crippen LogP contribution is 2.53. The molecule has 3 rings (SSSR count). The molecule has 0 spiro atoms.